The highest BCUT2D eigenvalue weighted by atomic mass is 35.5. The van der Waals surface area contributed by atoms with Crippen molar-refractivity contribution in [2.24, 2.45) is 10.7 Å². The Kier molecular flexibility index (Phi) is 8.79. The van der Waals surface area contributed by atoms with Gasteiger partial charge in [0.15, 0.2) is 0 Å². The van der Waals surface area contributed by atoms with Crippen LogP contribution in [0.25, 0.3) is 0 Å². The third-order valence-electron chi connectivity index (χ3n) is 5.75. The molecule has 1 unspecified atom stereocenters. The molecule has 0 radical (unpaired) electrons. The van der Waals surface area contributed by atoms with Crippen LogP contribution in [0.5, 0.6) is 5.75 Å². The van der Waals surface area contributed by atoms with Crippen molar-refractivity contribution in [1.29, 1.82) is 0 Å². The van der Waals surface area contributed by atoms with E-state index in [1.807, 2.05) is 90.2 Å². The average molecular weight is 514 g/mol. The first-order valence-corrected chi connectivity index (χ1v) is 12.3. The van der Waals surface area contributed by atoms with Crippen molar-refractivity contribution < 1.29 is 9.90 Å². The van der Waals surface area contributed by atoms with E-state index in [1.54, 1.807) is 12.1 Å². The Labute approximate surface area is 218 Å². The van der Waals surface area contributed by atoms with E-state index >= 15 is 0 Å². The number of amides is 1. The van der Waals surface area contributed by atoms with Gasteiger partial charge in [0.05, 0.1) is 16.6 Å². The van der Waals surface area contributed by atoms with Crippen LogP contribution in [0.15, 0.2) is 58.9 Å². The van der Waals surface area contributed by atoms with Crippen LogP contribution in [0, 0.1) is 0 Å². The molecule has 1 atom stereocenters. The predicted molar refractivity (Wildman–Crippen MR) is 150 cm³/mol. The molecule has 35 heavy (non-hydrogen) atoms. The Morgan fingerprint density at radius 3 is 2.09 bits per heavy atom. The van der Waals surface area contributed by atoms with Gasteiger partial charge in [-0.15, -0.1) is 23.7 Å². The second kappa shape index (κ2) is 10.8. The molecule has 3 rings (SSSR count). The van der Waals surface area contributed by atoms with Crippen molar-refractivity contribution in [1.82, 2.24) is 5.32 Å². The molecule has 0 fully saturated rings. The van der Waals surface area contributed by atoms with Gasteiger partial charge in [0, 0.05) is 16.7 Å². The number of halogens is 1. The van der Waals surface area contributed by atoms with E-state index in [-0.39, 0.29) is 40.9 Å². The number of rotatable bonds is 5. The van der Waals surface area contributed by atoms with E-state index in [0.717, 1.165) is 27.3 Å². The monoisotopic (exact) mass is 513 g/mol. The summed E-state index contributed by atoms with van der Waals surface area (Å²) in [6, 6.07) is 14.8. The predicted octanol–water partition coefficient (Wildman–Crippen LogP) is 7.00. The molecule has 2 aromatic carbocycles. The lowest BCUT2D eigenvalue weighted by Gasteiger charge is -2.28. The summed E-state index contributed by atoms with van der Waals surface area (Å²) in [5, 5.41) is 16.0. The number of hydrogen-bond donors (Lipinski definition) is 3. The molecule has 0 spiro atoms. The van der Waals surface area contributed by atoms with Crippen molar-refractivity contribution in [2.75, 3.05) is 0 Å². The smallest absolute Gasteiger partial charge is 0.251 e. The number of hydrogen-bond acceptors (Lipinski definition) is 4. The molecule has 0 saturated heterocycles. The SMILES string of the molecule is CC(NC(=O)c1cc(C(C)(C)C)c(O)c(C(C)(C)C)c1)c1ccccc1N=C(N)c1cccs1.Cl. The maximum Gasteiger partial charge on any atom is 0.251 e. The van der Waals surface area contributed by atoms with Gasteiger partial charge in [-0.25, -0.2) is 4.99 Å². The average Bonchev–Trinajstić information content (AvgIpc) is 3.27. The van der Waals surface area contributed by atoms with Gasteiger partial charge in [-0.2, -0.15) is 0 Å². The van der Waals surface area contributed by atoms with E-state index in [0.29, 0.717) is 11.4 Å². The Morgan fingerprint density at radius 2 is 1.57 bits per heavy atom. The normalized spacial score (nSPS) is 13.2. The topological polar surface area (TPSA) is 87.7 Å². The summed E-state index contributed by atoms with van der Waals surface area (Å²) in [5.41, 5.74) is 9.22. The second-order valence-electron chi connectivity index (χ2n) is 10.6. The van der Waals surface area contributed by atoms with Crippen molar-refractivity contribution >= 4 is 41.2 Å². The minimum Gasteiger partial charge on any atom is -0.507 e. The number of thiophene rings is 1. The molecule has 1 amide bonds. The molecular weight excluding hydrogens is 478 g/mol. The van der Waals surface area contributed by atoms with Crippen molar-refractivity contribution in [2.45, 2.75) is 65.3 Å². The first-order valence-electron chi connectivity index (χ1n) is 11.4. The molecule has 1 heterocycles. The van der Waals surface area contributed by atoms with E-state index in [9.17, 15) is 9.90 Å². The lowest BCUT2D eigenvalue weighted by atomic mass is 9.78. The molecule has 3 aromatic rings. The lowest BCUT2D eigenvalue weighted by molar-refractivity contribution is 0.0939. The summed E-state index contributed by atoms with van der Waals surface area (Å²) in [7, 11) is 0. The minimum absolute atomic E-state index is 0. The molecule has 0 saturated carbocycles. The molecule has 0 bridgehead atoms. The van der Waals surface area contributed by atoms with Crippen molar-refractivity contribution in [3.05, 3.63) is 81.0 Å². The fourth-order valence-electron chi connectivity index (χ4n) is 3.83. The van der Waals surface area contributed by atoms with E-state index in [1.165, 1.54) is 11.3 Å². The molecule has 5 nitrogen and oxygen atoms in total. The number of carbonyl (C=O) groups excluding carboxylic acids is 1. The van der Waals surface area contributed by atoms with Crippen molar-refractivity contribution in [3.8, 4) is 5.75 Å². The maximum atomic E-state index is 13.4. The largest absolute Gasteiger partial charge is 0.507 e. The molecular formula is C28H36ClN3O2S. The number of amidine groups is 1. The number of carbonyl (C=O) groups is 1. The molecule has 188 valence electrons. The highest BCUT2D eigenvalue weighted by molar-refractivity contribution is 7.12. The van der Waals surface area contributed by atoms with Crippen LogP contribution >= 0.6 is 23.7 Å². The fourth-order valence-corrected chi connectivity index (χ4v) is 4.46. The summed E-state index contributed by atoms with van der Waals surface area (Å²) < 4.78 is 0. The quantitative estimate of drug-likeness (QED) is 0.253. The van der Waals surface area contributed by atoms with Gasteiger partial charge in [0.1, 0.15) is 11.6 Å². The summed E-state index contributed by atoms with van der Waals surface area (Å²) in [4.78, 5) is 18.9. The number of nitrogens with one attached hydrogen (secondary N) is 1. The second-order valence-corrected chi connectivity index (χ2v) is 11.6. The standard InChI is InChI=1S/C28H35N3O2S.ClH/c1-17(19-11-8-9-12-22(19)31-25(29)23-13-10-14-34-23)30-26(33)18-15-20(27(2,3)4)24(32)21(16-18)28(5,6)7;/h8-17,32H,1-7H3,(H2,29,31)(H,30,33);1H. The number of phenolic OH excluding ortho intramolecular Hbond substituents is 1. The number of nitrogens with two attached hydrogens (primary N) is 1. The highest BCUT2D eigenvalue weighted by Gasteiger charge is 2.28. The molecule has 7 heteroatoms. The van der Waals surface area contributed by atoms with E-state index < -0.39 is 0 Å². The highest BCUT2D eigenvalue weighted by Crippen LogP contribution is 2.40. The number of nitrogens with zero attached hydrogens (tertiary/aromatic N) is 1. The first-order chi connectivity index (χ1) is 15.8. The Hall–Kier alpha value is -2.83. The summed E-state index contributed by atoms with van der Waals surface area (Å²) in [6.45, 7) is 14.1. The van der Waals surface area contributed by atoms with Gasteiger partial charge in [0.25, 0.3) is 5.91 Å². The fraction of sp³-hybridized carbons (Fsp3) is 0.357. The molecule has 0 aliphatic carbocycles. The number of phenols is 1. The first kappa shape index (κ1) is 28.4. The van der Waals surface area contributed by atoms with E-state index in [4.69, 9.17) is 5.73 Å². The molecule has 0 aliphatic rings. The van der Waals surface area contributed by atoms with Crippen LogP contribution in [-0.2, 0) is 10.8 Å². The van der Waals surface area contributed by atoms with Gasteiger partial charge in [0.2, 0.25) is 0 Å². The van der Waals surface area contributed by atoms with Crippen LogP contribution in [0.2, 0.25) is 0 Å². The third kappa shape index (κ3) is 6.65. The van der Waals surface area contributed by atoms with Crippen molar-refractivity contribution in [3.63, 3.8) is 0 Å². The zero-order chi connectivity index (χ0) is 25.3. The van der Waals surface area contributed by atoms with E-state index in [2.05, 4.69) is 10.3 Å². The summed E-state index contributed by atoms with van der Waals surface area (Å²) in [6.07, 6.45) is 0. The number of benzene rings is 2. The minimum atomic E-state index is -0.313. The zero-order valence-corrected chi connectivity index (χ0v) is 23.1. The molecule has 4 N–H and O–H groups in total. The Bertz CT molecular complexity index is 1170. The number of aromatic hydroxyl groups is 1. The van der Waals surface area contributed by atoms with Gasteiger partial charge in [-0.1, -0.05) is 65.8 Å². The van der Waals surface area contributed by atoms with Crippen LogP contribution in [-0.4, -0.2) is 16.8 Å². The molecule has 0 aliphatic heterocycles. The van der Waals surface area contributed by atoms with Gasteiger partial charge in [-0.05, 0) is 53.0 Å². The number of aliphatic imine (C=N–C) groups is 1. The number of para-hydroxylation sites is 1. The summed E-state index contributed by atoms with van der Waals surface area (Å²) >= 11 is 1.53. The van der Waals surface area contributed by atoms with Crippen LogP contribution in [0.4, 0.5) is 5.69 Å². The Balaban J connectivity index is 0.00000432. The molecule has 1 aromatic heterocycles. The van der Waals surface area contributed by atoms with Gasteiger partial charge >= 0.3 is 0 Å². The van der Waals surface area contributed by atoms with Crippen LogP contribution < -0.4 is 11.1 Å². The summed E-state index contributed by atoms with van der Waals surface area (Å²) in [5.74, 6) is 0.506. The van der Waals surface area contributed by atoms with Crippen LogP contribution in [0.1, 0.15) is 86.4 Å². The lowest BCUT2D eigenvalue weighted by Crippen LogP contribution is -2.28. The van der Waals surface area contributed by atoms with Gasteiger partial charge < -0.3 is 16.2 Å². The van der Waals surface area contributed by atoms with Crippen LogP contribution in [0.3, 0.4) is 0 Å². The Morgan fingerprint density at radius 1 is 1.00 bits per heavy atom. The van der Waals surface area contributed by atoms with Gasteiger partial charge in [-0.3, -0.25) is 4.79 Å². The zero-order valence-electron chi connectivity index (χ0n) is 21.5. The maximum absolute atomic E-state index is 13.4. The third-order valence-corrected chi connectivity index (χ3v) is 6.65.